The van der Waals surface area contributed by atoms with Crippen LogP contribution in [-0.4, -0.2) is 49.3 Å². The summed E-state index contributed by atoms with van der Waals surface area (Å²) >= 11 is 0. The third-order valence-electron chi connectivity index (χ3n) is 4.23. The average Bonchev–Trinajstić information content (AvgIpc) is 3.00. The predicted molar refractivity (Wildman–Crippen MR) is 64.6 cm³/mol. The van der Waals surface area contributed by atoms with E-state index in [-0.39, 0.29) is 0 Å². The second-order valence-corrected chi connectivity index (χ2v) is 5.53. The molecule has 3 heteroatoms. The summed E-state index contributed by atoms with van der Waals surface area (Å²) in [6, 6.07) is 1.61. The topological polar surface area (TPSA) is 24.5 Å². The van der Waals surface area contributed by atoms with Crippen molar-refractivity contribution >= 4 is 0 Å². The highest BCUT2D eigenvalue weighted by Gasteiger charge is 2.35. The lowest BCUT2D eigenvalue weighted by Crippen LogP contribution is -2.49. The van der Waals surface area contributed by atoms with Gasteiger partial charge in [0.1, 0.15) is 0 Å². The Kier molecular flexibility index (Phi) is 3.46. The van der Waals surface area contributed by atoms with E-state index in [0.717, 1.165) is 25.2 Å². The summed E-state index contributed by atoms with van der Waals surface area (Å²) < 4.78 is 5.83. The number of hydrogen-bond acceptors (Lipinski definition) is 3. The maximum Gasteiger partial charge on any atom is 0.0730 e. The average molecular weight is 224 g/mol. The summed E-state index contributed by atoms with van der Waals surface area (Å²) in [5, 5.41) is 3.60. The van der Waals surface area contributed by atoms with Gasteiger partial charge in [-0.2, -0.15) is 0 Å². The predicted octanol–water partition coefficient (Wildman–Crippen LogP) is 1.38. The SMILES string of the molecule is C1CC2OCCN(CCCNC3CC3)C2C1. The number of morpholine rings is 1. The molecule has 1 heterocycles. The molecule has 3 aliphatic rings. The summed E-state index contributed by atoms with van der Waals surface area (Å²) in [4.78, 5) is 2.68. The highest BCUT2D eigenvalue weighted by Crippen LogP contribution is 2.29. The van der Waals surface area contributed by atoms with Crippen LogP contribution in [0.15, 0.2) is 0 Å². The molecule has 92 valence electrons. The Bertz CT molecular complexity index is 230. The molecule has 1 saturated heterocycles. The van der Waals surface area contributed by atoms with Crippen molar-refractivity contribution in [1.29, 1.82) is 0 Å². The maximum atomic E-state index is 5.83. The van der Waals surface area contributed by atoms with Crippen molar-refractivity contribution in [2.24, 2.45) is 0 Å². The van der Waals surface area contributed by atoms with Gasteiger partial charge in [0, 0.05) is 18.6 Å². The number of ether oxygens (including phenoxy) is 1. The van der Waals surface area contributed by atoms with E-state index in [1.54, 1.807) is 0 Å². The first-order valence-corrected chi connectivity index (χ1v) is 7.02. The number of rotatable bonds is 5. The Morgan fingerprint density at radius 2 is 2.12 bits per heavy atom. The molecule has 0 amide bonds. The number of hydrogen-bond donors (Lipinski definition) is 1. The van der Waals surface area contributed by atoms with E-state index in [2.05, 4.69) is 10.2 Å². The van der Waals surface area contributed by atoms with Crippen LogP contribution in [0.3, 0.4) is 0 Å². The lowest BCUT2D eigenvalue weighted by molar-refractivity contribution is -0.0556. The third kappa shape index (κ3) is 2.58. The van der Waals surface area contributed by atoms with Crippen LogP contribution < -0.4 is 5.32 Å². The second-order valence-electron chi connectivity index (χ2n) is 5.53. The van der Waals surface area contributed by atoms with Crippen LogP contribution in [0.2, 0.25) is 0 Å². The first-order valence-electron chi connectivity index (χ1n) is 7.02. The Balaban J connectivity index is 1.38. The smallest absolute Gasteiger partial charge is 0.0730 e. The lowest BCUT2D eigenvalue weighted by Gasteiger charge is -2.37. The largest absolute Gasteiger partial charge is 0.375 e. The van der Waals surface area contributed by atoms with Gasteiger partial charge in [-0.1, -0.05) is 0 Å². The van der Waals surface area contributed by atoms with Gasteiger partial charge in [0.05, 0.1) is 12.7 Å². The molecular formula is C13H24N2O. The molecule has 3 rings (SSSR count). The van der Waals surface area contributed by atoms with Crippen LogP contribution in [-0.2, 0) is 4.74 Å². The molecule has 1 aliphatic heterocycles. The van der Waals surface area contributed by atoms with E-state index in [0.29, 0.717) is 6.10 Å². The highest BCUT2D eigenvalue weighted by atomic mass is 16.5. The van der Waals surface area contributed by atoms with E-state index >= 15 is 0 Å². The Hall–Kier alpha value is -0.120. The van der Waals surface area contributed by atoms with Crippen LogP contribution in [0.5, 0.6) is 0 Å². The molecule has 0 radical (unpaired) electrons. The van der Waals surface area contributed by atoms with Gasteiger partial charge in [0.25, 0.3) is 0 Å². The quantitative estimate of drug-likeness (QED) is 0.714. The summed E-state index contributed by atoms with van der Waals surface area (Å²) in [6.45, 7) is 4.59. The monoisotopic (exact) mass is 224 g/mol. The van der Waals surface area contributed by atoms with Gasteiger partial charge in [0.2, 0.25) is 0 Å². The van der Waals surface area contributed by atoms with E-state index in [9.17, 15) is 0 Å². The second kappa shape index (κ2) is 5.03. The summed E-state index contributed by atoms with van der Waals surface area (Å²) in [5.41, 5.74) is 0. The standard InChI is InChI=1S/C13H24N2O/c1-3-12-13(4-1)16-10-9-15(12)8-2-7-14-11-5-6-11/h11-14H,1-10H2. The minimum atomic E-state index is 0.560. The fourth-order valence-corrected chi connectivity index (χ4v) is 3.16. The molecular weight excluding hydrogens is 200 g/mol. The van der Waals surface area contributed by atoms with Crippen molar-refractivity contribution in [1.82, 2.24) is 10.2 Å². The van der Waals surface area contributed by atoms with E-state index in [4.69, 9.17) is 4.74 Å². The molecule has 2 unspecified atom stereocenters. The summed E-state index contributed by atoms with van der Waals surface area (Å²) in [6.07, 6.45) is 8.70. The van der Waals surface area contributed by atoms with Crippen LogP contribution in [0, 0.1) is 0 Å². The van der Waals surface area contributed by atoms with Crippen molar-refractivity contribution in [3.63, 3.8) is 0 Å². The molecule has 1 N–H and O–H groups in total. The minimum Gasteiger partial charge on any atom is -0.375 e. The van der Waals surface area contributed by atoms with Gasteiger partial charge >= 0.3 is 0 Å². The van der Waals surface area contributed by atoms with Gasteiger partial charge < -0.3 is 10.1 Å². The first kappa shape index (κ1) is 11.0. The zero-order valence-corrected chi connectivity index (χ0v) is 10.2. The van der Waals surface area contributed by atoms with Gasteiger partial charge in [-0.25, -0.2) is 0 Å². The normalized spacial score (nSPS) is 35.2. The van der Waals surface area contributed by atoms with Crippen molar-refractivity contribution in [2.45, 2.75) is 56.7 Å². The Morgan fingerprint density at radius 3 is 3.00 bits per heavy atom. The zero-order chi connectivity index (χ0) is 10.8. The molecule has 2 saturated carbocycles. The van der Waals surface area contributed by atoms with Crippen LogP contribution in [0.1, 0.15) is 38.5 Å². The third-order valence-corrected chi connectivity index (χ3v) is 4.23. The molecule has 0 spiro atoms. The number of nitrogens with zero attached hydrogens (tertiary/aromatic N) is 1. The number of nitrogens with one attached hydrogen (secondary N) is 1. The van der Waals surface area contributed by atoms with Gasteiger partial charge in [-0.05, 0) is 51.6 Å². The molecule has 2 atom stereocenters. The zero-order valence-electron chi connectivity index (χ0n) is 10.2. The highest BCUT2D eigenvalue weighted by molar-refractivity contribution is 4.89. The van der Waals surface area contributed by atoms with Crippen LogP contribution in [0.25, 0.3) is 0 Å². The molecule has 0 aromatic carbocycles. The fraction of sp³-hybridized carbons (Fsp3) is 1.00. The molecule has 3 fully saturated rings. The molecule has 0 aromatic heterocycles. The van der Waals surface area contributed by atoms with Crippen molar-refractivity contribution in [2.75, 3.05) is 26.2 Å². The Labute approximate surface area is 98.5 Å². The van der Waals surface area contributed by atoms with Crippen LogP contribution >= 0.6 is 0 Å². The van der Waals surface area contributed by atoms with Crippen molar-refractivity contribution < 1.29 is 4.74 Å². The molecule has 3 nitrogen and oxygen atoms in total. The van der Waals surface area contributed by atoms with Gasteiger partial charge in [-0.15, -0.1) is 0 Å². The summed E-state index contributed by atoms with van der Waals surface area (Å²) in [7, 11) is 0. The molecule has 0 bridgehead atoms. The summed E-state index contributed by atoms with van der Waals surface area (Å²) in [5.74, 6) is 0. The molecule has 2 aliphatic carbocycles. The van der Waals surface area contributed by atoms with Crippen molar-refractivity contribution in [3.8, 4) is 0 Å². The lowest BCUT2D eigenvalue weighted by atomic mass is 10.1. The Morgan fingerprint density at radius 1 is 1.19 bits per heavy atom. The van der Waals surface area contributed by atoms with Gasteiger partial charge in [0.15, 0.2) is 0 Å². The van der Waals surface area contributed by atoms with E-state index in [1.165, 1.54) is 51.6 Å². The van der Waals surface area contributed by atoms with Crippen molar-refractivity contribution in [3.05, 3.63) is 0 Å². The molecule has 16 heavy (non-hydrogen) atoms. The first-order chi connectivity index (χ1) is 7.93. The maximum absolute atomic E-state index is 5.83. The minimum absolute atomic E-state index is 0.560. The van der Waals surface area contributed by atoms with Gasteiger partial charge in [-0.3, -0.25) is 4.90 Å². The van der Waals surface area contributed by atoms with E-state index in [1.807, 2.05) is 0 Å². The van der Waals surface area contributed by atoms with Crippen LogP contribution in [0.4, 0.5) is 0 Å². The molecule has 0 aromatic rings. The number of fused-ring (bicyclic) bond motifs is 1. The fourth-order valence-electron chi connectivity index (χ4n) is 3.16. The van der Waals surface area contributed by atoms with E-state index < -0.39 is 0 Å².